The molecule has 2 rings (SSSR count). The van der Waals surface area contributed by atoms with Gasteiger partial charge in [0.1, 0.15) is 0 Å². The molecule has 1 heterocycles. The molecule has 0 aromatic carbocycles. The summed E-state index contributed by atoms with van der Waals surface area (Å²) in [5, 5.41) is 15.4. The lowest BCUT2D eigenvalue weighted by atomic mass is 10.3. The third-order valence-electron chi connectivity index (χ3n) is 3.12. The van der Waals surface area contributed by atoms with Crippen molar-refractivity contribution < 1.29 is 14.4 Å². The maximum Gasteiger partial charge on any atom is 0.358 e. The van der Waals surface area contributed by atoms with Crippen LogP contribution in [0.15, 0.2) is 10.6 Å². The number of rotatable bonds is 8. The van der Waals surface area contributed by atoms with Crippen molar-refractivity contribution in [3.8, 4) is 0 Å². The van der Waals surface area contributed by atoms with Crippen molar-refractivity contribution >= 4 is 5.97 Å². The number of nitrogens with one attached hydrogen (secondary N) is 1. The van der Waals surface area contributed by atoms with Crippen LogP contribution in [0.25, 0.3) is 0 Å². The van der Waals surface area contributed by atoms with Crippen molar-refractivity contribution in [2.24, 2.45) is 0 Å². The van der Waals surface area contributed by atoms with Gasteiger partial charge < -0.3 is 14.9 Å². The molecule has 1 fully saturated rings. The molecule has 1 saturated carbocycles. The van der Waals surface area contributed by atoms with Crippen LogP contribution in [0, 0.1) is 0 Å². The number of carbonyl (C=O) groups is 1. The molecule has 0 saturated heterocycles. The van der Waals surface area contributed by atoms with Gasteiger partial charge in [-0.1, -0.05) is 12.1 Å². The summed E-state index contributed by atoms with van der Waals surface area (Å²) < 4.78 is 4.91. The average molecular weight is 253 g/mol. The summed E-state index contributed by atoms with van der Waals surface area (Å²) in [5.41, 5.74) is -0.0417. The SMILES string of the molecule is CCN(CCNCc1cc(C(=O)O)no1)C1CC1. The fourth-order valence-electron chi connectivity index (χ4n) is 1.97. The molecule has 2 N–H and O–H groups in total. The summed E-state index contributed by atoms with van der Waals surface area (Å²) in [5.74, 6) is -0.502. The molecule has 1 aromatic rings. The van der Waals surface area contributed by atoms with Crippen LogP contribution in [0.1, 0.15) is 36.0 Å². The minimum atomic E-state index is -1.06. The zero-order valence-corrected chi connectivity index (χ0v) is 10.6. The smallest absolute Gasteiger partial charge is 0.358 e. The summed E-state index contributed by atoms with van der Waals surface area (Å²) in [7, 11) is 0. The van der Waals surface area contributed by atoms with Crippen LogP contribution in [0.3, 0.4) is 0 Å². The first-order chi connectivity index (χ1) is 8.70. The van der Waals surface area contributed by atoms with E-state index in [0.717, 1.165) is 25.7 Å². The van der Waals surface area contributed by atoms with Gasteiger partial charge in [0.15, 0.2) is 11.5 Å². The maximum atomic E-state index is 10.6. The molecule has 1 aliphatic rings. The van der Waals surface area contributed by atoms with E-state index in [1.54, 1.807) is 0 Å². The Kier molecular flexibility index (Phi) is 4.33. The van der Waals surface area contributed by atoms with Gasteiger partial charge in [-0.2, -0.15) is 0 Å². The number of hydrogen-bond donors (Lipinski definition) is 2. The van der Waals surface area contributed by atoms with E-state index in [-0.39, 0.29) is 5.69 Å². The monoisotopic (exact) mass is 253 g/mol. The molecule has 0 unspecified atom stereocenters. The first-order valence-electron chi connectivity index (χ1n) is 6.34. The van der Waals surface area contributed by atoms with Crippen LogP contribution >= 0.6 is 0 Å². The van der Waals surface area contributed by atoms with Crippen LogP contribution in [0.5, 0.6) is 0 Å². The fourth-order valence-corrected chi connectivity index (χ4v) is 1.97. The number of likely N-dealkylation sites (N-methyl/N-ethyl adjacent to an activating group) is 1. The van der Waals surface area contributed by atoms with Crippen molar-refractivity contribution in [2.45, 2.75) is 32.4 Å². The second-order valence-corrected chi connectivity index (χ2v) is 4.52. The first kappa shape index (κ1) is 13.0. The van der Waals surface area contributed by atoms with E-state index < -0.39 is 5.97 Å². The van der Waals surface area contributed by atoms with E-state index >= 15 is 0 Å². The molecule has 100 valence electrons. The van der Waals surface area contributed by atoms with Gasteiger partial charge >= 0.3 is 5.97 Å². The van der Waals surface area contributed by atoms with Crippen molar-refractivity contribution in [3.05, 3.63) is 17.5 Å². The van der Waals surface area contributed by atoms with E-state index in [4.69, 9.17) is 9.63 Å². The Morgan fingerprint density at radius 3 is 3.00 bits per heavy atom. The summed E-state index contributed by atoms with van der Waals surface area (Å²) in [6.45, 7) is 5.66. The first-order valence-corrected chi connectivity index (χ1v) is 6.34. The highest BCUT2D eigenvalue weighted by Gasteiger charge is 2.26. The molecule has 0 spiro atoms. The van der Waals surface area contributed by atoms with Gasteiger partial charge in [0.05, 0.1) is 6.54 Å². The maximum absolute atomic E-state index is 10.6. The summed E-state index contributed by atoms with van der Waals surface area (Å²) >= 11 is 0. The zero-order chi connectivity index (χ0) is 13.0. The number of aromatic carboxylic acids is 1. The van der Waals surface area contributed by atoms with Gasteiger partial charge in [-0.3, -0.25) is 4.90 Å². The minimum absolute atomic E-state index is 0.0417. The second-order valence-electron chi connectivity index (χ2n) is 4.52. The number of carboxylic acids is 1. The number of hydrogen-bond acceptors (Lipinski definition) is 5. The summed E-state index contributed by atoms with van der Waals surface area (Å²) in [6, 6.07) is 2.23. The Hall–Kier alpha value is -1.40. The fraction of sp³-hybridized carbons (Fsp3) is 0.667. The second kappa shape index (κ2) is 5.97. The standard InChI is InChI=1S/C12H19N3O3/c1-2-15(9-3-4-9)6-5-13-8-10-7-11(12(16)17)14-18-10/h7,9,13H,2-6,8H2,1H3,(H,16,17). The molecule has 6 nitrogen and oxygen atoms in total. The van der Waals surface area contributed by atoms with Gasteiger partial charge in [0, 0.05) is 25.2 Å². The predicted octanol–water partition coefficient (Wildman–Crippen LogP) is 0.947. The summed E-state index contributed by atoms with van der Waals surface area (Å²) in [6.07, 6.45) is 2.63. The number of carboxylic acid groups (broad SMARTS) is 1. The quantitative estimate of drug-likeness (QED) is 0.671. The molecule has 0 radical (unpaired) electrons. The van der Waals surface area contributed by atoms with Crippen molar-refractivity contribution in [1.82, 2.24) is 15.4 Å². The molecule has 0 atom stereocenters. The van der Waals surface area contributed by atoms with Crippen LogP contribution in [0.2, 0.25) is 0 Å². The third-order valence-corrected chi connectivity index (χ3v) is 3.12. The molecule has 18 heavy (non-hydrogen) atoms. The van der Waals surface area contributed by atoms with Crippen LogP contribution < -0.4 is 5.32 Å². The molecule has 0 amide bonds. The van der Waals surface area contributed by atoms with Gasteiger partial charge in [-0.05, 0) is 19.4 Å². The van der Waals surface area contributed by atoms with Crippen molar-refractivity contribution in [2.75, 3.05) is 19.6 Å². The highest BCUT2D eigenvalue weighted by atomic mass is 16.5. The lowest BCUT2D eigenvalue weighted by Gasteiger charge is -2.19. The number of nitrogens with zero attached hydrogens (tertiary/aromatic N) is 2. The van der Waals surface area contributed by atoms with E-state index in [1.165, 1.54) is 18.9 Å². The zero-order valence-electron chi connectivity index (χ0n) is 10.6. The van der Waals surface area contributed by atoms with E-state index in [0.29, 0.717) is 12.3 Å². The van der Waals surface area contributed by atoms with Crippen LogP contribution in [0.4, 0.5) is 0 Å². The topological polar surface area (TPSA) is 78.6 Å². The average Bonchev–Trinajstić information content (AvgIpc) is 3.07. The molecule has 6 heteroatoms. The predicted molar refractivity (Wildman–Crippen MR) is 65.4 cm³/mol. The molecular formula is C12H19N3O3. The highest BCUT2D eigenvalue weighted by molar-refractivity contribution is 5.85. The van der Waals surface area contributed by atoms with Crippen molar-refractivity contribution in [3.63, 3.8) is 0 Å². The van der Waals surface area contributed by atoms with Gasteiger partial charge in [-0.15, -0.1) is 0 Å². The Morgan fingerprint density at radius 2 is 2.44 bits per heavy atom. The van der Waals surface area contributed by atoms with Crippen LogP contribution in [-0.4, -0.2) is 46.8 Å². The van der Waals surface area contributed by atoms with Crippen LogP contribution in [-0.2, 0) is 6.54 Å². The van der Waals surface area contributed by atoms with E-state index in [1.807, 2.05) is 0 Å². The molecular weight excluding hydrogens is 234 g/mol. The Bertz CT molecular complexity index is 401. The van der Waals surface area contributed by atoms with Crippen molar-refractivity contribution in [1.29, 1.82) is 0 Å². The number of aromatic nitrogens is 1. The summed E-state index contributed by atoms with van der Waals surface area (Å²) in [4.78, 5) is 13.1. The Morgan fingerprint density at radius 1 is 1.67 bits per heavy atom. The third kappa shape index (κ3) is 3.54. The molecule has 0 aliphatic heterocycles. The Balaban J connectivity index is 1.66. The molecule has 1 aliphatic carbocycles. The van der Waals surface area contributed by atoms with E-state index in [2.05, 4.69) is 22.3 Å². The molecule has 1 aromatic heterocycles. The highest BCUT2D eigenvalue weighted by Crippen LogP contribution is 2.25. The lowest BCUT2D eigenvalue weighted by molar-refractivity contribution is 0.0685. The lowest BCUT2D eigenvalue weighted by Crippen LogP contribution is -2.33. The largest absolute Gasteiger partial charge is 0.476 e. The molecule has 0 bridgehead atoms. The van der Waals surface area contributed by atoms with E-state index in [9.17, 15) is 4.79 Å². The Labute approximate surface area is 106 Å². The van der Waals surface area contributed by atoms with Gasteiger partial charge in [0.2, 0.25) is 0 Å². The van der Waals surface area contributed by atoms with Gasteiger partial charge in [0.25, 0.3) is 0 Å². The minimum Gasteiger partial charge on any atom is -0.476 e. The normalized spacial score (nSPS) is 15.2. The van der Waals surface area contributed by atoms with Gasteiger partial charge in [-0.25, -0.2) is 4.79 Å².